The number of hydrogen-bond donors (Lipinski definition) is 3. The Balaban J connectivity index is 1.57. The second-order valence-corrected chi connectivity index (χ2v) is 9.14. The highest BCUT2D eigenvalue weighted by Gasteiger charge is 2.20. The molecule has 3 aromatic heterocycles. The summed E-state index contributed by atoms with van der Waals surface area (Å²) in [6.07, 6.45) is 5.64. The first-order chi connectivity index (χ1) is 16.0. The summed E-state index contributed by atoms with van der Waals surface area (Å²) in [5.41, 5.74) is 17.7. The normalized spacial score (nSPS) is 17.3. The van der Waals surface area contributed by atoms with Crippen LogP contribution in [0.4, 0.5) is 11.4 Å². The van der Waals surface area contributed by atoms with Crippen molar-refractivity contribution >= 4 is 33.4 Å². The van der Waals surface area contributed by atoms with E-state index < -0.39 is 11.1 Å². The average Bonchev–Trinajstić information content (AvgIpc) is 2.84. The van der Waals surface area contributed by atoms with Gasteiger partial charge < -0.3 is 20.9 Å². The Hall–Kier alpha value is -3.40. The Morgan fingerprint density at radius 1 is 1.06 bits per heavy atom. The molecular formula is C24H24N6O2S. The van der Waals surface area contributed by atoms with Crippen LogP contribution in [0.15, 0.2) is 65.8 Å². The van der Waals surface area contributed by atoms with Crippen molar-refractivity contribution in [2.45, 2.75) is 23.8 Å². The molecule has 0 amide bonds. The summed E-state index contributed by atoms with van der Waals surface area (Å²) in [4.78, 5) is 16.5. The molecule has 0 aliphatic carbocycles. The molecule has 1 aliphatic rings. The highest BCUT2D eigenvalue weighted by atomic mass is 32.2. The van der Waals surface area contributed by atoms with Crippen LogP contribution in [-0.4, -0.2) is 42.8 Å². The fraction of sp³-hybridized carbons (Fsp3) is 0.208. The minimum absolute atomic E-state index is 0.159. The number of piperidine rings is 1. The van der Waals surface area contributed by atoms with Crippen molar-refractivity contribution in [1.29, 1.82) is 0 Å². The monoisotopic (exact) mass is 460 g/mol. The third-order valence-corrected chi connectivity index (χ3v) is 6.60. The molecular weight excluding hydrogens is 436 g/mol. The van der Waals surface area contributed by atoms with E-state index in [1.54, 1.807) is 42.7 Å². The first-order valence-corrected chi connectivity index (χ1v) is 11.8. The number of fused-ring (bicyclic) bond motifs is 1. The Morgan fingerprint density at radius 3 is 2.64 bits per heavy atom. The van der Waals surface area contributed by atoms with Crippen molar-refractivity contribution in [3.63, 3.8) is 0 Å². The molecule has 0 radical (unpaired) electrons. The number of anilines is 2. The maximum atomic E-state index is 11.3. The molecule has 0 bridgehead atoms. The standard InChI is InChI=1S/C24H24N6O2S/c25-16-2-1-11-30(14-16)23-9-10-27-22-13-28-21(12-18(22)23)24-19(26)7-8-20(29-24)15-3-5-17(6-4-15)33(31)32/h3-10,12-13,16H,1-2,11,14,25-26H2,(H,31,32). The molecule has 5 N–H and O–H groups in total. The SMILES string of the molecule is Nc1ccc(-c2ccc(S(=O)O)cc2)nc1-c1cc2c(N3CCCC(N)C3)ccnc2cn1. The van der Waals surface area contributed by atoms with Crippen LogP contribution in [0.2, 0.25) is 0 Å². The summed E-state index contributed by atoms with van der Waals surface area (Å²) in [5.74, 6) is 0. The molecule has 2 atom stereocenters. The number of pyridine rings is 3. The molecule has 0 spiro atoms. The fourth-order valence-corrected chi connectivity index (χ4v) is 4.62. The number of nitrogens with zero attached hydrogens (tertiary/aromatic N) is 4. The van der Waals surface area contributed by atoms with Crippen LogP contribution in [0.5, 0.6) is 0 Å². The quantitative estimate of drug-likeness (QED) is 0.395. The summed E-state index contributed by atoms with van der Waals surface area (Å²) in [7, 11) is 0. The molecule has 4 heterocycles. The van der Waals surface area contributed by atoms with Gasteiger partial charge in [-0.05, 0) is 49.2 Å². The maximum Gasteiger partial charge on any atom is 0.186 e. The van der Waals surface area contributed by atoms with E-state index in [1.807, 2.05) is 18.2 Å². The fourth-order valence-electron chi connectivity index (χ4n) is 4.25. The van der Waals surface area contributed by atoms with Gasteiger partial charge in [-0.15, -0.1) is 0 Å². The van der Waals surface area contributed by atoms with E-state index in [9.17, 15) is 8.76 Å². The third kappa shape index (κ3) is 4.30. The van der Waals surface area contributed by atoms with Crippen LogP contribution >= 0.6 is 0 Å². The topological polar surface area (TPSA) is 131 Å². The molecule has 168 valence electrons. The average molecular weight is 461 g/mol. The lowest BCUT2D eigenvalue weighted by molar-refractivity contribution is 0.507. The first kappa shape index (κ1) is 21.4. The highest BCUT2D eigenvalue weighted by molar-refractivity contribution is 7.79. The van der Waals surface area contributed by atoms with Crippen LogP contribution in [0.1, 0.15) is 12.8 Å². The zero-order chi connectivity index (χ0) is 22.9. The Kier molecular flexibility index (Phi) is 5.76. The lowest BCUT2D eigenvalue weighted by atomic mass is 10.0. The second-order valence-electron chi connectivity index (χ2n) is 8.17. The van der Waals surface area contributed by atoms with E-state index in [0.717, 1.165) is 48.1 Å². The Bertz CT molecular complexity index is 1340. The zero-order valence-corrected chi connectivity index (χ0v) is 18.7. The second kappa shape index (κ2) is 8.86. The van der Waals surface area contributed by atoms with Gasteiger partial charge in [0.2, 0.25) is 0 Å². The molecule has 2 unspecified atom stereocenters. The number of nitrogens with two attached hydrogens (primary N) is 2. The van der Waals surface area contributed by atoms with E-state index >= 15 is 0 Å². The van der Waals surface area contributed by atoms with Crippen molar-refractivity contribution in [3.05, 3.63) is 60.9 Å². The van der Waals surface area contributed by atoms with Gasteiger partial charge in [0.1, 0.15) is 5.69 Å². The maximum absolute atomic E-state index is 11.3. The molecule has 33 heavy (non-hydrogen) atoms. The Morgan fingerprint density at radius 2 is 1.88 bits per heavy atom. The van der Waals surface area contributed by atoms with Crippen LogP contribution in [0, 0.1) is 0 Å². The van der Waals surface area contributed by atoms with Gasteiger partial charge in [-0.25, -0.2) is 9.19 Å². The van der Waals surface area contributed by atoms with E-state index in [2.05, 4.69) is 14.9 Å². The number of benzene rings is 1. The van der Waals surface area contributed by atoms with E-state index in [4.69, 9.17) is 16.5 Å². The molecule has 4 aromatic rings. The van der Waals surface area contributed by atoms with Gasteiger partial charge in [-0.1, -0.05) is 12.1 Å². The van der Waals surface area contributed by atoms with Gasteiger partial charge in [0.05, 0.1) is 33.7 Å². The van der Waals surface area contributed by atoms with Crippen LogP contribution < -0.4 is 16.4 Å². The van der Waals surface area contributed by atoms with Gasteiger partial charge in [-0.2, -0.15) is 0 Å². The molecule has 5 rings (SSSR count). The number of nitrogen functional groups attached to an aromatic ring is 1. The third-order valence-electron chi connectivity index (χ3n) is 5.92. The molecule has 1 saturated heterocycles. The lowest BCUT2D eigenvalue weighted by Gasteiger charge is -2.33. The summed E-state index contributed by atoms with van der Waals surface area (Å²) >= 11 is -2.02. The molecule has 9 heteroatoms. The van der Waals surface area contributed by atoms with Crippen molar-refractivity contribution < 1.29 is 8.76 Å². The lowest BCUT2D eigenvalue weighted by Crippen LogP contribution is -2.42. The minimum atomic E-state index is -2.02. The van der Waals surface area contributed by atoms with Gasteiger partial charge in [0.25, 0.3) is 0 Å². The van der Waals surface area contributed by atoms with Gasteiger partial charge in [-0.3, -0.25) is 9.97 Å². The van der Waals surface area contributed by atoms with Crippen LogP contribution in [0.25, 0.3) is 33.5 Å². The zero-order valence-electron chi connectivity index (χ0n) is 17.9. The predicted molar refractivity (Wildman–Crippen MR) is 131 cm³/mol. The van der Waals surface area contributed by atoms with Gasteiger partial charge in [0.15, 0.2) is 11.1 Å². The van der Waals surface area contributed by atoms with Crippen molar-refractivity contribution in [1.82, 2.24) is 15.0 Å². The summed E-state index contributed by atoms with van der Waals surface area (Å²) in [5, 5.41) is 0.984. The first-order valence-electron chi connectivity index (χ1n) is 10.7. The van der Waals surface area contributed by atoms with Crippen molar-refractivity contribution in [3.8, 4) is 22.6 Å². The van der Waals surface area contributed by atoms with Gasteiger partial charge in [0, 0.05) is 42.0 Å². The summed E-state index contributed by atoms with van der Waals surface area (Å²) in [6, 6.07) is 14.5. The minimum Gasteiger partial charge on any atom is -0.397 e. The highest BCUT2D eigenvalue weighted by Crippen LogP contribution is 2.32. The van der Waals surface area contributed by atoms with Crippen molar-refractivity contribution in [2.75, 3.05) is 23.7 Å². The van der Waals surface area contributed by atoms with E-state index in [-0.39, 0.29) is 6.04 Å². The van der Waals surface area contributed by atoms with Crippen molar-refractivity contribution in [2.24, 2.45) is 5.73 Å². The molecule has 8 nitrogen and oxygen atoms in total. The number of rotatable bonds is 4. The molecule has 1 aromatic carbocycles. The predicted octanol–water partition coefficient (Wildman–Crippen LogP) is 3.45. The number of aromatic nitrogens is 3. The molecule has 1 fully saturated rings. The van der Waals surface area contributed by atoms with Crippen LogP contribution in [0.3, 0.4) is 0 Å². The van der Waals surface area contributed by atoms with E-state index in [0.29, 0.717) is 27.7 Å². The Labute approximate surface area is 194 Å². The van der Waals surface area contributed by atoms with Crippen LogP contribution in [-0.2, 0) is 11.1 Å². The molecule has 0 saturated carbocycles. The summed E-state index contributed by atoms with van der Waals surface area (Å²) < 4.78 is 20.5. The van der Waals surface area contributed by atoms with E-state index in [1.165, 1.54) is 0 Å². The number of hydrogen-bond acceptors (Lipinski definition) is 7. The smallest absolute Gasteiger partial charge is 0.186 e. The molecule has 1 aliphatic heterocycles. The summed E-state index contributed by atoms with van der Waals surface area (Å²) in [6.45, 7) is 1.76. The van der Waals surface area contributed by atoms with Gasteiger partial charge >= 0.3 is 0 Å². The largest absolute Gasteiger partial charge is 0.397 e.